The molecule has 9 heteroatoms. The summed E-state index contributed by atoms with van der Waals surface area (Å²) >= 11 is 1.39. The van der Waals surface area contributed by atoms with Gasteiger partial charge in [-0.25, -0.2) is 0 Å². The van der Waals surface area contributed by atoms with Crippen LogP contribution >= 0.6 is 11.3 Å². The third-order valence-corrected chi connectivity index (χ3v) is 4.00. The topological polar surface area (TPSA) is 118 Å². The Bertz CT molecular complexity index is 762. The minimum absolute atomic E-state index is 0.120. The van der Waals surface area contributed by atoms with Gasteiger partial charge in [0.05, 0.1) is 12.8 Å². The number of amides is 2. The average Bonchev–Trinajstić information content (AvgIpc) is 3.35. The second-order valence-corrected chi connectivity index (χ2v) is 5.65. The van der Waals surface area contributed by atoms with E-state index in [1.165, 1.54) is 29.9 Å². The zero-order chi connectivity index (χ0) is 17.0. The molecule has 24 heavy (non-hydrogen) atoms. The van der Waals surface area contributed by atoms with Crippen LogP contribution in [-0.4, -0.2) is 28.6 Å². The third-order valence-electron chi connectivity index (χ3n) is 3.32. The standard InChI is InChI=1S/C15H13N3O5S/c19-13(14(20)17-12-3-6-23-18-12)16-9-15(21,10-4-7-24-8-10)11-2-1-5-22-11/h1-8,21H,9H2,(H,16,19)(H,17,18,20)/t15-/m0/s1. The number of thiophene rings is 1. The molecule has 0 saturated heterocycles. The molecule has 124 valence electrons. The molecule has 3 aromatic heterocycles. The van der Waals surface area contributed by atoms with Crippen molar-refractivity contribution in [3.8, 4) is 0 Å². The minimum Gasteiger partial charge on any atom is -0.466 e. The normalized spacial score (nSPS) is 13.2. The maximum absolute atomic E-state index is 11.9. The lowest BCUT2D eigenvalue weighted by Gasteiger charge is -2.25. The Kier molecular flexibility index (Phi) is 4.45. The molecule has 0 aliphatic heterocycles. The predicted octanol–water partition coefficient (Wildman–Crippen LogP) is 1.32. The van der Waals surface area contributed by atoms with Gasteiger partial charge in [0.2, 0.25) is 0 Å². The number of rotatable bonds is 5. The fourth-order valence-electron chi connectivity index (χ4n) is 2.08. The molecule has 0 bridgehead atoms. The van der Waals surface area contributed by atoms with E-state index in [0.717, 1.165) is 0 Å². The first kappa shape index (κ1) is 16.0. The van der Waals surface area contributed by atoms with Crippen molar-refractivity contribution in [2.45, 2.75) is 5.60 Å². The van der Waals surface area contributed by atoms with E-state index < -0.39 is 17.4 Å². The number of anilines is 1. The number of carbonyl (C=O) groups excluding carboxylic acids is 2. The van der Waals surface area contributed by atoms with Gasteiger partial charge < -0.3 is 19.4 Å². The van der Waals surface area contributed by atoms with Crippen LogP contribution in [0.15, 0.2) is 56.5 Å². The Balaban J connectivity index is 1.70. The van der Waals surface area contributed by atoms with E-state index in [0.29, 0.717) is 5.56 Å². The van der Waals surface area contributed by atoms with Gasteiger partial charge in [-0.05, 0) is 29.0 Å². The molecule has 0 radical (unpaired) electrons. The van der Waals surface area contributed by atoms with Crippen molar-refractivity contribution in [2.75, 3.05) is 11.9 Å². The summed E-state index contributed by atoms with van der Waals surface area (Å²) in [6, 6.07) is 6.34. The van der Waals surface area contributed by atoms with Gasteiger partial charge in [0.15, 0.2) is 11.4 Å². The minimum atomic E-state index is -1.58. The zero-order valence-electron chi connectivity index (χ0n) is 12.3. The van der Waals surface area contributed by atoms with Crippen LogP contribution in [0.25, 0.3) is 0 Å². The van der Waals surface area contributed by atoms with Crippen LogP contribution in [0.1, 0.15) is 11.3 Å². The molecule has 1 atom stereocenters. The molecule has 3 rings (SSSR count). The molecule has 0 fully saturated rings. The van der Waals surface area contributed by atoms with Gasteiger partial charge >= 0.3 is 11.8 Å². The number of nitrogens with one attached hydrogen (secondary N) is 2. The van der Waals surface area contributed by atoms with Crippen molar-refractivity contribution >= 4 is 29.0 Å². The predicted molar refractivity (Wildman–Crippen MR) is 84.2 cm³/mol. The van der Waals surface area contributed by atoms with Crippen molar-refractivity contribution in [3.05, 3.63) is 58.9 Å². The van der Waals surface area contributed by atoms with Crippen molar-refractivity contribution in [3.63, 3.8) is 0 Å². The third kappa shape index (κ3) is 3.21. The second kappa shape index (κ2) is 6.69. The van der Waals surface area contributed by atoms with Crippen LogP contribution in [0.4, 0.5) is 5.82 Å². The molecule has 3 aromatic rings. The SMILES string of the molecule is O=C(NC[C@](O)(c1ccsc1)c1ccco1)C(=O)Nc1ccon1. The fourth-order valence-corrected chi connectivity index (χ4v) is 2.81. The van der Waals surface area contributed by atoms with Crippen molar-refractivity contribution in [2.24, 2.45) is 0 Å². The smallest absolute Gasteiger partial charge is 0.314 e. The highest BCUT2D eigenvalue weighted by atomic mass is 32.1. The number of hydrogen-bond acceptors (Lipinski definition) is 7. The van der Waals surface area contributed by atoms with Crippen LogP contribution in [0.2, 0.25) is 0 Å². The van der Waals surface area contributed by atoms with Crippen LogP contribution < -0.4 is 10.6 Å². The van der Waals surface area contributed by atoms with Gasteiger partial charge in [-0.3, -0.25) is 14.9 Å². The first-order valence-corrected chi connectivity index (χ1v) is 7.82. The zero-order valence-corrected chi connectivity index (χ0v) is 13.1. The molecule has 0 spiro atoms. The first-order chi connectivity index (χ1) is 11.6. The monoisotopic (exact) mass is 347 g/mol. The lowest BCUT2D eigenvalue weighted by atomic mass is 9.93. The maximum Gasteiger partial charge on any atom is 0.314 e. The molecular weight excluding hydrogens is 334 g/mol. The number of carbonyl (C=O) groups is 2. The summed E-state index contributed by atoms with van der Waals surface area (Å²) in [4.78, 5) is 23.7. The molecule has 0 aliphatic carbocycles. The van der Waals surface area contributed by atoms with Crippen LogP contribution in [-0.2, 0) is 15.2 Å². The lowest BCUT2D eigenvalue weighted by molar-refractivity contribution is -0.136. The van der Waals surface area contributed by atoms with Gasteiger partial charge in [-0.15, -0.1) is 0 Å². The number of aromatic nitrogens is 1. The average molecular weight is 347 g/mol. The Labute approximate surface area is 140 Å². The fraction of sp³-hybridized carbons (Fsp3) is 0.133. The molecule has 3 heterocycles. The second-order valence-electron chi connectivity index (χ2n) is 4.87. The highest BCUT2D eigenvalue weighted by Crippen LogP contribution is 2.30. The van der Waals surface area contributed by atoms with E-state index in [1.54, 1.807) is 29.0 Å². The van der Waals surface area contributed by atoms with Crippen molar-refractivity contribution in [1.82, 2.24) is 10.5 Å². The first-order valence-electron chi connectivity index (χ1n) is 6.88. The van der Waals surface area contributed by atoms with Gasteiger partial charge in [-0.1, -0.05) is 5.16 Å². The molecule has 0 saturated carbocycles. The molecule has 0 unspecified atom stereocenters. The molecule has 0 aromatic carbocycles. The molecule has 0 aliphatic rings. The van der Waals surface area contributed by atoms with E-state index in [9.17, 15) is 14.7 Å². The van der Waals surface area contributed by atoms with Crippen LogP contribution in [0, 0.1) is 0 Å². The number of furan rings is 1. The maximum atomic E-state index is 11.9. The summed E-state index contributed by atoms with van der Waals surface area (Å²) < 4.78 is 9.84. The largest absolute Gasteiger partial charge is 0.466 e. The summed E-state index contributed by atoms with van der Waals surface area (Å²) in [7, 11) is 0. The summed E-state index contributed by atoms with van der Waals surface area (Å²) in [6.07, 6.45) is 2.69. The van der Waals surface area contributed by atoms with E-state index in [2.05, 4.69) is 20.3 Å². The molecule has 3 N–H and O–H groups in total. The Hall–Kier alpha value is -2.91. The lowest BCUT2D eigenvalue weighted by Crippen LogP contribution is -2.45. The Morgan fingerprint density at radius 2 is 2.12 bits per heavy atom. The van der Waals surface area contributed by atoms with E-state index in [-0.39, 0.29) is 18.1 Å². The van der Waals surface area contributed by atoms with Gasteiger partial charge in [0.25, 0.3) is 0 Å². The summed E-state index contributed by atoms with van der Waals surface area (Å²) in [6.45, 7) is -0.234. The number of nitrogens with zero attached hydrogens (tertiary/aromatic N) is 1. The Morgan fingerprint density at radius 3 is 2.75 bits per heavy atom. The van der Waals surface area contributed by atoms with Crippen molar-refractivity contribution < 1.29 is 23.6 Å². The summed E-state index contributed by atoms with van der Waals surface area (Å²) in [5, 5.41) is 22.6. The quantitative estimate of drug-likeness (QED) is 0.599. The Morgan fingerprint density at radius 1 is 1.25 bits per heavy atom. The highest BCUT2D eigenvalue weighted by Gasteiger charge is 2.36. The molecule has 8 nitrogen and oxygen atoms in total. The van der Waals surface area contributed by atoms with Crippen molar-refractivity contribution in [1.29, 1.82) is 0 Å². The summed E-state index contributed by atoms with van der Waals surface area (Å²) in [5.74, 6) is -1.46. The van der Waals surface area contributed by atoms with Crippen LogP contribution in [0.3, 0.4) is 0 Å². The van der Waals surface area contributed by atoms with E-state index >= 15 is 0 Å². The van der Waals surface area contributed by atoms with E-state index in [1.807, 2.05) is 0 Å². The van der Waals surface area contributed by atoms with Crippen LogP contribution in [0.5, 0.6) is 0 Å². The number of aliphatic hydroxyl groups is 1. The van der Waals surface area contributed by atoms with E-state index in [4.69, 9.17) is 4.42 Å². The molecular formula is C15H13N3O5S. The van der Waals surface area contributed by atoms with Gasteiger partial charge in [-0.2, -0.15) is 11.3 Å². The van der Waals surface area contributed by atoms with Gasteiger partial charge in [0, 0.05) is 11.6 Å². The molecule has 2 amide bonds. The van der Waals surface area contributed by atoms with Gasteiger partial charge in [0.1, 0.15) is 12.0 Å². The number of hydrogen-bond donors (Lipinski definition) is 3. The highest BCUT2D eigenvalue weighted by molar-refractivity contribution is 7.08. The summed E-state index contributed by atoms with van der Waals surface area (Å²) in [5.41, 5.74) is -1.02.